The highest BCUT2D eigenvalue weighted by Crippen LogP contribution is 2.31. The lowest BCUT2D eigenvalue weighted by atomic mass is 9.83. The molecule has 0 saturated heterocycles. The Bertz CT molecular complexity index is 482. The van der Waals surface area contributed by atoms with Crippen LogP contribution in [-0.2, 0) is 6.54 Å². The maximum Gasteiger partial charge on any atom is 0.297 e. The fourth-order valence-corrected chi connectivity index (χ4v) is 2.54. The highest BCUT2D eigenvalue weighted by Gasteiger charge is 2.23. The Labute approximate surface area is 128 Å². The molecule has 0 fully saturated rings. The van der Waals surface area contributed by atoms with Gasteiger partial charge in [-0.1, -0.05) is 46.3 Å². The molecule has 2 heterocycles. The highest BCUT2D eigenvalue weighted by atomic mass is 16.4. The van der Waals surface area contributed by atoms with E-state index in [9.17, 15) is 0 Å². The molecule has 0 aromatic carbocycles. The van der Waals surface area contributed by atoms with Crippen LogP contribution in [0.2, 0.25) is 0 Å². The summed E-state index contributed by atoms with van der Waals surface area (Å²) in [6.45, 7) is 14.9. The lowest BCUT2D eigenvalue weighted by Crippen LogP contribution is -2.31. The summed E-state index contributed by atoms with van der Waals surface area (Å²) >= 11 is 0. The summed E-state index contributed by atoms with van der Waals surface area (Å²) in [5, 5.41) is 3.39. The molecule has 118 valence electrons. The van der Waals surface area contributed by atoms with E-state index in [1.165, 1.54) is 5.57 Å². The minimum absolute atomic E-state index is 0.272. The molecule has 0 spiro atoms. The normalized spacial score (nSPS) is 16.5. The van der Waals surface area contributed by atoms with Crippen molar-refractivity contribution in [3.05, 3.63) is 23.6 Å². The topological polar surface area (TPSA) is 41.3 Å². The molecule has 1 aliphatic heterocycles. The van der Waals surface area contributed by atoms with Crippen LogP contribution >= 0.6 is 0 Å². The van der Waals surface area contributed by atoms with Gasteiger partial charge in [0.25, 0.3) is 6.01 Å². The van der Waals surface area contributed by atoms with Crippen molar-refractivity contribution in [1.29, 1.82) is 0 Å². The van der Waals surface area contributed by atoms with Crippen LogP contribution < -0.4 is 10.2 Å². The molecular weight excluding hydrogens is 262 g/mol. The SMILES string of the molecule is CC(C)CNCc1coc(N2CC=C(C(C)(C)C)CC2)n1. The van der Waals surface area contributed by atoms with Crippen LogP contribution in [0, 0.1) is 11.3 Å². The third kappa shape index (κ3) is 4.60. The maximum atomic E-state index is 5.63. The second-order valence-corrected chi connectivity index (χ2v) is 7.32. The van der Waals surface area contributed by atoms with Gasteiger partial charge in [-0.3, -0.25) is 0 Å². The third-order valence-corrected chi connectivity index (χ3v) is 3.84. The smallest absolute Gasteiger partial charge is 0.297 e. The number of hydrogen-bond donors (Lipinski definition) is 1. The first-order chi connectivity index (χ1) is 9.86. The van der Waals surface area contributed by atoms with Crippen LogP contribution in [0.25, 0.3) is 0 Å². The van der Waals surface area contributed by atoms with Crippen LogP contribution in [0.5, 0.6) is 0 Å². The van der Waals surface area contributed by atoms with Gasteiger partial charge >= 0.3 is 0 Å². The molecule has 0 amide bonds. The van der Waals surface area contributed by atoms with Crippen molar-refractivity contribution in [2.45, 2.75) is 47.6 Å². The van der Waals surface area contributed by atoms with Gasteiger partial charge in [-0.2, -0.15) is 4.98 Å². The second-order valence-electron chi connectivity index (χ2n) is 7.32. The van der Waals surface area contributed by atoms with E-state index >= 15 is 0 Å². The molecule has 0 saturated carbocycles. The van der Waals surface area contributed by atoms with Crippen LogP contribution in [0.1, 0.15) is 46.7 Å². The molecule has 0 radical (unpaired) electrons. The van der Waals surface area contributed by atoms with Crippen molar-refractivity contribution in [2.24, 2.45) is 11.3 Å². The number of nitrogens with zero attached hydrogens (tertiary/aromatic N) is 2. The maximum absolute atomic E-state index is 5.63. The minimum Gasteiger partial charge on any atom is -0.432 e. The first-order valence-corrected chi connectivity index (χ1v) is 7.96. The van der Waals surface area contributed by atoms with E-state index in [2.05, 4.69) is 55.9 Å². The lowest BCUT2D eigenvalue weighted by Gasteiger charge is -2.31. The van der Waals surface area contributed by atoms with Crippen molar-refractivity contribution >= 4 is 6.01 Å². The van der Waals surface area contributed by atoms with Gasteiger partial charge in [-0.05, 0) is 24.3 Å². The monoisotopic (exact) mass is 291 g/mol. The average molecular weight is 291 g/mol. The van der Waals surface area contributed by atoms with Gasteiger partial charge in [0.2, 0.25) is 0 Å². The fraction of sp³-hybridized carbons (Fsp3) is 0.706. The molecule has 1 aliphatic rings. The molecule has 1 N–H and O–H groups in total. The van der Waals surface area contributed by atoms with E-state index in [1.807, 2.05) is 0 Å². The number of rotatable bonds is 5. The minimum atomic E-state index is 0.272. The summed E-state index contributed by atoms with van der Waals surface area (Å²) in [4.78, 5) is 6.79. The summed E-state index contributed by atoms with van der Waals surface area (Å²) in [5.74, 6) is 0.652. The molecule has 0 bridgehead atoms. The standard InChI is InChI=1S/C17H29N3O/c1-13(2)10-18-11-15-12-21-16(19-15)20-8-6-14(7-9-20)17(3,4)5/h6,12-13,18H,7-11H2,1-5H3. The largest absolute Gasteiger partial charge is 0.432 e. The third-order valence-electron chi connectivity index (χ3n) is 3.84. The van der Waals surface area contributed by atoms with Gasteiger partial charge < -0.3 is 14.6 Å². The Balaban J connectivity index is 1.89. The molecule has 21 heavy (non-hydrogen) atoms. The first kappa shape index (κ1) is 16.1. The van der Waals surface area contributed by atoms with Crippen LogP contribution in [0.3, 0.4) is 0 Å². The van der Waals surface area contributed by atoms with E-state index in [4.69, 9.17) is 4.42 Å². The Morgan fingerprint density at radius 3 is 2.71 bits per heavy atom. The average Bonchev–Trinajstić information content (AvgIpc) is 2.86. The predicted molar refractivity (Wildman–Crippen MR) is 87.4 cm³/mol. The predicted octanol–water partition coefficient (Wildman–Crippen LogP) is 3.60. The van der Waals surface area contributed by atoms with Gasteiger partial charge in [-0.15, -0.1) is 0 Å². The van der Waals surface area contributed by atoms with Gasteiger partial charge in [0.15, 0.2) is 0 Å². The number of nitrogens with one attached hydrogen (secondary N) is 1. The molecule has 1 aromatic rings. The summed E-state index contributed by atoms with van der Waals surface area (Å²) in [6, 6.07) is 0.751. The Kier molecular flexibility index (Phi) is 5.09. The first-order valence-electron chi connectivity index (χ1n) is 7.96. The van der Waals surface area contributed by atoms with E-state index in [0.29, 0.717) is 5.92 Å². The van der Waals surface area contributed by atoms with Crippen LogP contribution in [0.15, 0.2) is 22.3 Å². The summed E-state index contributed by atoms with van der Waals surface area (Å²) in [7, 11) is 0. The summed E-state index contributed by atoms with van der Waals surface area (Å²) < 4.78 is 5.63. The number of hydrogen-bond acceptors (Lipinski definition) is 4. The second kappa shape index (κ2) is 6.65. The summed E-state index contributed by atoms with van der Waals surface area (Å²) in [5.41, 5.74) is 2.79. The zero-order valence-electron chi connectivity index (χ0n) is 14.1. The number of aromatic nitrogens is 1. The van der Waals surface area contributed by atoms with Crippen LogP contribution in [-0.4, -0.2) is 24.6 Å². The number of anilines is 1. The Morgan fingerprint density at radius 2 is 2.14 bits per heavy atom. The number of oxazole rings is 1. The highest BCUT2D eigenvalue weighted by molar-refractivity contribution is 5.33. The fourth-order valence-electron chi connectivity index (χ4n) is 2.54. The molecule has 0 aliphatic carbocycles. The van der Waals surface area contributed by atoms with E-state index in [-0.39, 0.29) is 5.41 Å². The van der Waals surface area contributed by atoms with Gasteiger partial charge in [0.05, 0.1) is 5.69 Å². The molecule has 1 aromatic heterocycles. The van der Waals surface area contributed by atoms with Crippen molar-refractivity contribution in [3.63, 3.8) is 0 Å². The van der Waals surface area contributed by atoms with Gasteiger partial charge in [-0.25, -0.2) is 0 Å². The van der Waals surface area contributed by atoms with Crippen molar-refractivity contribution in [3.8, 4) is 0 Å². The zero-order valence-corrected chi connectivity index (χ0v) is 14.1. The molecule has 2 rings (SSSR count). The van der Waals surface area contributed by atoms with Crippen molar-refractivity contribution in [2.75, 3.05) is 24.5 Å². The molecular formula is C17H29N3O. The summed E-state index contributed by atoms with van der Waals surface area (Å²) in [6.07, 6.45) is 5.18. The Morgan fingerprint density at radius 1 is 1.38 bits per heavy atom. The quantitative estimate of drug-likeness (QED) is 0.842. The molecule has 4 nitrogen and oxygen atoms in total. The van der Waals surface area contributed by atoms with Crippen molar-refractivity contribution < 1.29 is 4.42 Å². The zero-order chi connectivity index (χ0) is 15.5. The van der Waals surface area contributed by atoms with Gasteiger partial charge in [0.1, 0.15) is 6.26 Å². The molecule has 0 atom stereocenters. The van der Waals surface area contributed by atoms with E-state index < -0.39 is 0 Å². The van der Waals surface area contributed by atoms with E-state index in [1.54, 1.807) is 6.26 Å². The van der Waals surface area contributed by atoms with Crippen molar-refractivity contribution in [1.82, 2.24) is 10.3 Å². The molecule has 0 unspecified atom stereocenters. The molecule has 4 heteroatoms. The van der Waals surface area contributed by atoms with Crippen LogP contribution in [0.4, 0.5) is 6.01 Å². The lowest BCUT2D eigenvalue weighted by molar-refractivity contribution is 0.463. The van der Waals surface area contributed by atoms with E-state index in [0.717, 1.165) is 44.3 Å². The Hall–Kier alpha value is -1.29. The van der Waals surface area contributed by atoms with Gasteiger partial charge in [0, 0.05) is 19.6 Å².